The number of hydrogen-bond donors (Lipinski definition) is 1. The summed E-state index contributed by atoms with van der Waals surface area (Å²) in [6.45, 7) is 1.41. The predicted molar refractivity (Wildman–Crippen MR) is 120 cm³/mol. The van der Waals surface area contributed by atoms with Crippen LogP contribution in [0, 0.1) is 11.7 Å². The minimum absolute atomic E-state index is 0.185. The number of piperidine rings is 1. The topological polar surface area (TPSA) is 50.2 Å². The molecule has 0 aliphatic carbocycles. The Morgan fingerprint density at radius 3 is 2.74 bits per heavy atom. The molecule has 1 fully saturated rings. The third kappa shape index (κ3) is 5.72. The molecule has 3 aromatic rings. The number of aryl methyl sites for hydroxylation is 2. The number of hydrogen-bond acceptors (Lipinski definition) is 3. The molecule has 2 heterocycles. The molecule has 6 heteroatoms. The van der Waals surface area contributed by atoms with Crippen LogP contribution in [0.1, 0.15) is 24.0 Å². The number of anilines is 1. The highest BCUT2D eigenvalue weighted by molar-refractivity contribution is 5.76. The molecule has 0 radical (unpaired) electrons. The van der Waals surface area contributed by atoms with Gasteiger partial charge in [0, 0.05) is 50.4 Å². The molecule has 0 bridgehead atoms. The summed E-state index contributed by atoms with van der Waals surface area (Å²) in [6, 6.07) is 17.2. The van der Waals surface area contributed by atoms with Gasteiger partial charge in [-0.05, 0) is 48.6 Å². The average molecular weight is 421 g/mol. The number of halogens is 1. The van der Waals surface area contributed by atoms with Gasteiger partial charge in [-0.3, -0.25) is 9.48 Å². The van der Waals surface area contributed by atoms with E-state index in [0.29, 0.717) is 25.9 Å². The lowest BCUT2D eigenvalue weighted by Crippen LogP contribution is -2.49. The fraction of sp³-hybridized carbons (Fsp3) is 0.360. The van der Waals surface area contributed by atoms with Crippen molar-refractivity contribution in [1.82, 2.24) is 14.7 Å². The lowest BCUT2D eigenvalue weighted by atomic mass is 9.86. The molecule has 1 amide bonds. The van der Waals surface area contributed by atoms with Gasteiger partial charge in [-0.2, -0.15) is 5.10 Å². The third-order valence-electron chi connectivity index (χ3n) is 5.99. The SMILES string of the molecule is Cn1cc(CCC(=O)N2CC[C@@H](Nc3cccc(F)c3)[C@@H](Cc3ccccc3)C2)cn1. The van der Waals surface area contributed by atoms with Crippen LogP contribution in [0.15, 0.2) is 67.0 Å². The summed E-state index contributed by atoms with van der Waals surface area (Å²) in [7, 11) is 1.88. The summed E-state index contributed by atoms with van der Waals surface area (Å²) in [6.07, 6.45) is 6.69. The van der Waals surface area contributed by atoms with Gasteiger partial charge in [-0.25, -0.2) is 4.39 Å². The second-order valence-corrected chi connectivity index (χ2v) is 8.36. The van der Waals surface area contributed by atoms with Gasteiger partial charge in [-0.1, -0.05) is 36.4 Å². The molecule has 1 saturated heterocycles. The highest BCUT2D eigenvalue weighted by Crippen LogP contribution is 2.26. The monoisotopic (exact) mass is 420 g/mol. The maximum absolute atomic E-state index is 13.7. The van der Waals surface area contributed by atoms with Gasteiger partial charge < -0.3 is 10.2 Å². The van der Waals surface area contributed by atoms with Crippen LogP contribution in [0.4, 0.5) is 10.1 Å². The third-order valence-corrected chi connectivity index (χ3v) is 5.99. The van der Waals surface area contributed by atoms with Gasteiger partial charge in [0.15, 0.2) is 0 Å². The van der Waals surface area contributed by atoms with Gasteiger partial charge in [-0.15, -0.1) is 0 Å². The van der Waals surface area contributed by atoms with E-state index >= 15 is 0 Å². The van der Waals surface area contributed by atoms with E-state index in [4.69, 9.17) is 0 Å². The molecule has 1 aliphatic heterocycles. The fourth-order valence-corrected chi connectivity index (χ4v) is 4.38. The van der Waals surface area contributed by atoms with Crippen molar-refractivity contribution in [3.05, 3.63) is 83.9 Å². The molecule has 1 N–H and O–H groups in total. The van der Waals surface area contributed by atoms with Gasteiger partial charge in [0.2, 0.25) is 5.91 Å². The zero-order valence-electron chi connectivity index (χ0n) is 17.9. The van der Waals surface area contributed by atoms with E-state index in [9.17, 15) is 9.18 Å². The van der Waals surface area contributed by atoms with Crippen molar-refractivity contribution >= 4 is 11.6 Å². The smallest absolute Gasteiger partial charge is 0.222 e. The van der Waals surface area contributed by atoms with Gasteiger partial charge in [0.25, 0.3) is 0 Å². The van der Waals surface area contributed by atoms with Crippen LogP contribution in [0.2, 0.25) is 0 Å². The number of amides is 1. The lowest BCUT2D eigenvalue weighted by Gasteiger charge is -2.39. The van der Waals surface area contributed by atoms with Crippen LogP contribution in [0.3, 0.4) is 0 Å². The van der Waals surface area contributed by atoms with E-state index in [1.54, 1.807) is 10.7 Å². The number of likely N-dealkylation sites (tertiary alicyclic amines) is 1. The van der Waals surface area contributed by atoms with E-state index in [1.807, 2.05) is 48.6 Å². The number of nitrogens with one attached hydrogen (secondary N) is 1. The minimum Gasteiger partial charge on any atom is -0.382 e. The average Bonchev–Trinajstić information content (AvgIpc) is 3.19. The van der Waals surface area contributed by atoms with Crippen molar-refractivity contribution in [2.24, 2.45) is 13.0 Å². The summed E-state index contributed by atoms with van der Waals surface area (Å²) in [5.74, 6) is 0.195. The normalized spacial score (nSPS) is 18.7. The van der Waals surface area contributed by atoms with Crippen LogP contribution < -0.4 is 5.32 Å². The first-order chi connectivity index (χ1) is 15.1. The van der Waals surface area contributed by atoms with Crippen molar-refractivity contribution in [2.45, 2.75) is 31.7 Å². The Bertz CT molecular complexity index is 1000. The van der Waals surface area contributed by atoms with Crippen LogP contribution in [-0.4, -0.2) is 39.7 Å². The second kappa shape index (κ2) is 9.77. The van der Waals surface area contributed by atoms with Crippen LogP contribution in [0.5, 0.6) is 0 Å². The molecule has 2 aromatic carbocycles. The Kier molecular flexibility index (Phi) is 6.65. The van der Waals surface area contributed by atoms with E-state index in [-0.39, 0.29) is 23.7 Å². The van der Waals surface area contributed by atoms with Gasteiger partial charge in [0.1, 0.15) is 5.82 Å². The van der Waals surface area contributed by atoms with Crippen molar-refractivity contribution < 1.29 is 9.18 Å². The minimum atomic E-state index is -0.243. The first-order valence-electron chi connectivity index (χ1n) is 10.9. The molecule has 5 nitrogen and oxygen atoms in total. The van der Waals surface area contributed by atoms with Crippen molar-refractivity contribution in [3.63, 3.8) is 0 Å². The molecule has 2 atom stereocenters. The zero-order valence-corrected chi connectivity index (χ0v) is 17.9. The van der Waals surface area contributed by atoms with Crippen molar-refractivity contribution in [1.29, 1.82) is 0 Å². The molecule has 1 aliphatic rings. The van der Waals surface area contributed by atoms with Crippen molar-refractivity contribution in [2.75, 3.05) is 18.4 Å². The molecular formula is C25H29FN4O. The largest absolute Gasteiger partial charge is 0.382 e. The number of rotatable bonds is 7. The second-order valence-electron chi connectivity index (χ2n) is 8.36. The Balaban J connectivity index is 1.43. The summed E-state index contributed by atoms with van der Waals surface area (Å²) in [4.78, 5) is 14.9. The summed E-state index contributed by atoms with van der Waals surface area (Å²) in [5.41, 5.74) is 3.13. The van der Waals surface area contributed by atoms with Gasteiger partial charge in [0.05, 0.1) is 6.20 Å². The van der Waals surface area contributed by atoms with Crippen LogP contribution in [-0.2, 0) is 24.7 Å². The van der Waals surface area contributed by atoms with E-state index in [2.05, 4.69) is 22.5 Å². The lowest BCUT2D eigenvalue weighted by molar-refractivity contribution is -0.133. The Labute approximate surface area is 182 Å². The quantitative estimate of drug-likeness (QED) is 0.627. The number of aromatic nitrogens is 2. The Hall–Kier alpha value is -3.15. The first-order valence-corrected chi connectivity index (χ1v) is 10.9. The molecule has 0 saturated carbocycles. The number of carbonyl (C=O) groups is 1. The highest BCUT2D eigenvalue weighted by Gasteiger charge is 2.31. The summed E-state index contributed by atoms with van der Waals surface area (Å²) in [5, 5.41) is 7.70. The highest BCUT2D eigenvalue weighted by atomic mass is 19.1. The van der Waals surface area contributed by atoms with Crippen LogP contribution in [0.25, 0.3) is 0 Å². The molecular weight excluding hydrogens is 391 g/mol. The Morgan fingerprint density at radius 2 is 2.00 bits per heavy atom. The molecule has 0 spiro atoms. The maximum atomic E-state index is 13.7. The van der Waals surface area contributed by atoms with E-state index in [1.165, 1.54) is 17.7 Å². The summed E-state index contributed by atoms with van der Waals surface area (Å²) >= 11 is 0. The predicted octanol–water partition coefficient (Wildman–Crippen LogP) is 4.06. The molecule has 1 aromatic heterocycles. The van der Waals surface area contributed by atoms with Crippen LogP contribution >= 0.6 is 0 Å². The van der Waals surface area contributed by atoms with Gasteiger partial charge >= 0.3 is 0 Å². The maximum Gasteiger partial charge on any atom is 0.222 e. The van der Waals surface area contributed by atoms with E-state index < -0.39 is 0 Å². The Morgan fingerprint density at radius 1 is 1.16 bits per heavy atom. The molecule has 0 unspecified atom stereocenters. The number of benzene rings is 2. The standard InChI is InChI=1S/C25H29FN4O/c1-29-17-20(16-27-29)10-11-25(31)30-13-12-24(28-23-9-5-8-22(26)15-23)21(18-30)14-19-6-3-2-4-7-19/h2-9,15-17,21,24,28H,10-14,18H2,1H3/t21-,24+/m0/s1. The zero-order chi connectivity index (χ0) is 21.6. The molecule has 4 rings (SSSR count). The molecule has 31 heavy (non-hydrogen) atoms. The fourth-order valence-electron chi connectivity index (χ4n) is 4.38. The molecule has 162 valence electrons. The first kappa shape index (κ1) is 21.1. The van der Waals surface area contributed by atoms with Crippen molar-refractivity contribution in [3.8, 4) is 0 Å². The van der Waals surface area contributed by atoms with E-state index in [0.717, 1.165) is 24.1 Å². The number of nitrogens with zero attached hydrogens (tertiary/aromatic N) is 3. The summed E-state index contributed by atoms with van der Waals surface area (Å²) < 4.78 is 15.4. The number of carbonyl (C=O) groups excluding carboxylic acids is 1.